The first-order valence-corrected chi connectivity index (χ1v) is 10.8. The third-order valence-corrected chi connectivity index (χ3v) is 6.58. The normalized spacial score (nSPS) is 24.8. The summed E-state index contributed by atoms with van der Waals surface area (Å²) in [7, 11) is 0. The van der Waals surface area contributed by atoms with Gasteiger partial charge in [-0.25, -0.2) is 9.18 Å². The number of hydrogen-bond acceptors (Lipinski definition) is 3. The summed E-state index contributed by atoms with van der Waals surface area (Å²) in [5.74, 6) is -0.269. The molecule has 1 aliphatic carbocycles. The molecule has 1 aromatic carbocycles. The molecule has 5 nitrogen and oxygen atoms in total. The van der Waals surface area contributed by atoms with E-state index in [4.69, 9.17) is 4.74 Å². The number of halogens is 1. The smallest absolute Gasteiger partial charge is 0.326 e. The van der Waals surface area contributed by atoms with E-state index in [9.17, 15) is 9.18 Å². The van der Waals surface area contributed by atoms with Gasteiger partial charge in [0.15, 0.2) is 0 Å². The van der Waals surface area contributed by atoms with Gasteiger partial charge in [0, 0.05) is 31.8 Å². The van der Waals surface area contributed by atoms with Crippen LogP contribution in [-0.4, -0.2) is 46.3 Å². The Labute approximate surface area is 165 Å². The van der Waals surface area contributed by atoms with Gasteiger partial charge in [-0.05, 0) is 69.6 Å². The summed E-state index contributed by atoms with van der Waals surface area (Å²) in [6, 6.07) is 4.08. The molecule has 1 aliphatic heterocycles. The standard InChI is InChI=1S/C22H32FN3O2/c1-3-12-28-18-6-4-16(5-7-18)25-10-8-17(9-11-25)26-21-13-15(2)19(23)14-20(21)24-22(26)27/h13-14,16-18H,3-12H2,1-2H3,(H,24,27). The van der Waals surface area contributed by atoms with Crippen molar-refractivity contribution in [2.45, 2.75) is 77.0 Å². The first-order valence-electron chi connectivity index (χ1n) is 10.8. The van der Waals surface area contributed by atoms with Gasteiger partial charge < -0.3 is 14.6 Å². The zero-order valence-corrected chi connectivity index (χ0v) is 17.0. The van der Waals surface area contributed by atoms with Crippen molar-refractivity contribution in [2.75, 3.05) is 19.7 Å². The van der Waals surface area contributed by atoms with E-state index in [1.54, 1.807) is 13.0 Å². The average molecular weight is 390 g/mol. The maximum absolute atomic E-state index is 13.8. The van der Waals surface area contributed by atoms with Crippen LogP contribution in [0.15, 0.2) is 16.9 Å². The lowest BCUT2D eigenvalue weighted by atomic mass is 9.90. The molecule has 1 saturated heterocycles. The third kappa shape index (κ3) is 3.90. The minimum absolute atomic E-state index is 0.118. The Kier molecular flexibility index (Phi) is 5.88. The van der Waals surface area contributed by atoms with Crippen molar-refractivity contribution >= 4 is 11.0 Å². The van der Waals surface area contributed by atoms with Crippen molar-refractivity contribution < 1.29 is 9.13 Å². The number of imidazole rings is 1. The number of benzene rings is 1. The number of hydrogen-bond donors (Lipinski definition) is 1. The van der Waals surface area contributed by atoms with Crippen LogP contribution in [0.25, 0.3) is 11.0 Å². The van der Waals surface area contributed by atoms with Crippen LogP contribution in [0.2, 0.25) is 0 Å². The molecule has 6 heteroatoms. The monoisotopic (exact) mass is 389 g/mol. The quantitative estimate of drug-likeness (QED) is 0.836. The number of H-pyrrole nitrogens is 1. The highest BCUT2D eigenvalue weighted by atomic mass is 19.1. The van der Waals surface area contributed by atoms with Crippen molar-refractivity contribution in [3.8, 4) is 0 Å². The molecular weight excluding hydrogens is 357 g/mol. The van der Waals surface area contributed by atoms with Crippen LogP contribution in [-0.2, 0) is 4.74 Å². The molecule has 0 spiro atoms. The van der Waals surface area contributed by atoms with Gasteiger partial charge >= 0.3 is 5.69 Å². The number of rotatable bonds is 5. The maximum atomic E-state index is 13.8. The molecule has 0 atom stereocenters. The van der Waals surface area contributed by atoms with Crippen LogP contribution >= 0.6 is 0 Å². The van der Waals surface area contributed by atoms with Crippen LogP contribution in [0.4, 0.5) is 4.39 Å². The van der Waals surface area contributed by atoms with Gasteiger partial charge in [0.25, 0.3) is 0 Å². The molecule has 1 saturated carbocycles. The molecule has 2 fully saturated rings. The van der Waals surface area contributed by atoms with Gasteiger partial charge in [-0.15, -0.1) is 0 Å². The summed E-state index contributed by atoms with van der Waals surface area (Å²) in [4.78, 5) is 18.0. The highest BCUT2D eigenvalue weighted by molar-refractivity contribution is 5.76. The number of piperidine rings is 1. The fourth-order valence-corrected chi connectivity index (χ4v) is 4.98. The number of likely N-dealkylation sites (tertiary alicyclic amines) is 1. The maximum Gasteiger partial charge on any atom is 0.326 e. The zero-order chi connectivity index (χ0) is 19.7. The molecule has 1 N–H and O–H groups in total. The SMILES string of the molecule is CCCOC1CCC(N2CCC(n3c(=O)[nH]c4cc(F)c(C)cc43)CC2)CC1. The number of ether oxygens (including phenoxy) is 1. The summed E-state index contributed by atoms with van der Waals surface area (Å²) in [5.41, 5.74) is 1.89. The molecule has 28 heavy (non-hydrogen) atoms. The van der Waals surface area contributed by atoms with Gasteiger partial charge in [0.2, 0.25) is 0 Å². The fourth-order valence-electron chi connectivity index (χ4n) is 4.98. The predicted molar refractivity (Wildman–Crippen MR) is 109 cm³/mol. The van der Waals surface area contributed by atoms with Crippen LogP contribution in [0, 0.1) is 12.7 Å². The third-order valence-electron chi connectivity index (χ3n) is 6.58. The Morgan fingerprint density at radius 1 is 1.11 bits per heavy atom. The number of aromatic amines is 1. The number of aryl methyl sites for hydroxylation is 1. The second kappa shape index (κ2) is 8.37. The van der Waals surface area contributed by atoms with Crippen LogP contribution < -0.4 is 5.69 Å². The fraction of sp³-hybridized carbons (Fsp3) is 0.682. The van der Waals surface area contributed by atoms with Crippen molar-refractivity contribution in [3.63, 3.8) is 0 Å². The highest BCUT2D eigenvalue weighted by Crippen LogP contribution is 2.31. The van der Waals surface area contributed by atoms with Crippen molar-refractivity contribution in [1.29, 1.82) is 0 Å². The summed E-state index contributed by atoms with van der Waals surface area (Å²) >= 11 is 0. The predicted octanol–water partition coefficient (Wildman–Crippen LogP) is 4.15. The van der Waals surface area contributed by atoms with E-state index in [1.165, 1.54) is 18.9 Å². The van der Waals surface area contributed by atoms with Crippen LogP contribution in [0.5, 0.6) is 0 Å². The van der Waals surface area contributed by atoms with Crippen LogP contribution in [0.3, 0.4) is 0 Å². The lowest BCUT2D eigenvalue weighted by Crippen LogP contribution is -2.45. The van der Waals surface area contributed by atoms with E-state index in [-0.39, 0.29) is 17.5 Å². The largest absolute Gasteiger partial charge is 0.378 e. The Bertz CT molecular complexity index is 859. The minimum Gasteiger partial charge on any atom is -0.378 e. The van der Waals surface area contributed by atoms with Gasteiger partial charge in [0.05, 0.1) is 17.1 Å². The van der Waals surface area contributed by atoms with E-state index in [0.717, 1.165) is 57.3 Å². The topological polar surface area (TPSA) is 50.3 Å². The Morgan fingerprint density at radius 2 is 1.82 bits per heavy atom. The molecule has 2 heterocycles. The summed E-state index contributed by atoms with van der Waals surface area (Å²) < 4.78 is 21.6. The van der Waals surface area contributed by atoms with Gasteiger partial charge in [-0.2, -0.15) is 0 Å². The van der Waals surface area contributed by atoms with Gasteiger partial charge in [0.1, 0.15) is 5.82 Å². The number of fused-ring (bicyclic) bond motifs is 1. The minimum atomic E-state index is -0.269. The summed E-state index contributed by atoms with van der Waals surface area (Å²) in [5, 5.41) is 0. The lowest BCUT2D eigenvalue weighted by Gasteiger charge is -2.41. The van der Waals surface area contributed by atoms with Gasteiger partial charge in [-0.3, -0.25) is 4.57 Å². The van der Waals surface area contributed by atoms with Gasteiger partial charge in [-0.1, -0.05) is 6.92 Å². The first kappa shape index (κ1) is 19.6. The molecule has 154 valence electrons. The van der Waals surface area contributed by atoms with Crippen LogP contribution in [0.1, 0.15) is 63.5 Å². The molecule has 0 amide bonds. The molecule has 2 aliphatic rings. The van der Waals surface area contributed by atoms with E-state index in [0.29, 0.717) is 23.2 Å². The second-order valence-corrected chi connectivity index (χ2v) is 8.49. The van der Waals surface area contributed by atoms with Crippen molar-refractivity contribution in [1.82, 2.24) is 14.5 Å². The first-order chi connectivity index (χ1) is 13.6. The summed E-state index contributed by atoms with van der Waals surface area (Å²) in [6.45, 7) is 6.83. The number of nitrogens with one attached hydrogen (secondary N) is 1. The van der Waals surface area contributed by atoms with E-state index >= 15 is 0 Å². The number of nitrogens with zero attached hydrogens (tertiary/aromatic N) is 2. The summed E-state index contributed by atoms with van der Waals surface area (Å²) in [6.07, 6.45) is 8.23. The van der Waals surface area contributed by atoms with E-state index in [2.05, 4.69) is 16.8 Å². The highest BCUT2D eigenvalue weighted by Gasteiger charge is 2.30. The Hall–Kier alpha value is -1.66. The van der Waals surface area contributed by atoms with Crippen molar-refractivity contribution in [2.24, 2.45) is 0 Å². The molecule has 0 bridgehead atoms. The second-order valence-electron chi connectivity index (χ2n) is 8.49. The Balaban J connectivity index is 1.39. The molecule has 1 aromatic heterocycles. The molecule has 2 aromatic rings. The van der Waals surface area contributed by atoms with Crippen molar-refractivity contribution in [3.05, 3.63) is 34.0 Å². The Morgan fingerprint density at radius 3 is 2.50 bits per heavy atom. The number of aromatic nitrogens is 2. The zero-order valence-electron chi connectivity index (χ0n) is 17.0. The molecule has 0 unspecified atom stereocenters. The lowest BCUT2D eigenvalue weighted by molar-refractivity contribution is 0.00254. The molecular formula is C22H32FN3O2. The molecule has 4 rings (SSSR count). The molecule has 0 radical (unpaired) electrons. The average Bonchev–Trinajstić information content (AvgIpc) is 3.02. The van der Waals surface area contributed by atoms with E-state index in [1.807, 2.05) is 4.57 Å². The van der Waals surface area contributed by atoms with E-state index < -0.39 is 0 Å².